The lowest BCUT2D eigenvalue weighted by molar-refractivity contribution is 0.595. The lowest BCUT2D eigenvalue weighted by atomic mass is 10.3. The Hall–Kier alpha value is -1.91. The number of nitrogens with one attached hydrogen (secondary N) is 1. The number of hydrogen-bond donors (Lipinski definition) is 1. The summed E-state index contributed by atoms with van der Waals surface area (Å²) in [6.07, 6.45) is 0.885. The molecule has 0 unspecified atom stereocenters. The molecule has 5 heteroatoms. The molecule has 0 aliphatic carbocycles. The standard InChI is InChI=1S/C12H15F2N3/c1-4-7-16-9(2)17(15-3)12-8-10(13)5-6-11(12)14/h5-6,8,16H,2-4,7H2,1H3. The van der Waals surface area contributed by atoms with Crippen molar-refractivity contribution in [2.24, 2.45) is 5.10 Å². The minimum Gasteiger partial charge on any atom is -0.371 e. The van der Waals surface area contributed by atoms with Crippen molar-refractivity contribution in [1.29, 1.82) is 0 Å². The topological polar surface area (TPSA) is 27.6 Å². The van der Waals surface area contributed by atoms with E-state index in [9.17, 15) is 8.78 Å². The van der Waals surface area contributed by atoms with Crippen molar-refractivity contribution < 1.29 is 8.78 Å². The summed E-state index contributed by atoms with van der Waals surface area (Å²) in [4.78, 5) is 0. The molecular weight excluding hydrogens is 224 g/mol. The van der Waals surface area contributed by atoms with Gasteiger partial charge in [-0.25, -0.2) is 13.8 Å². The van der Waals surface area contributed by atoms with Crippen molar-refractivity contribution in [3.05, 3.63) is 42.2 Å². The average molecular weight is 239 g/mol. The Morgan fingerprint density at radius 2 is 2.18 bits per heavy atom. The number of anilines is 1. The Balaban J connectivity index is 2.96. The molecule has 1 N–H and O–H groups in total. The first-order valence-electron chi connectivity index (χ1n) is 5.24. The maximum absolute atomic E-state index is 13.5. The van der Waals surface area contributed by atoms with E-state index in [4.69, 9.17) is 0 Å². The van der Waals surface area contributed by atoms with Crippen LogP contribution in [0.2, 0.25) is 0 Å². The Kier molecular flexibility index (Phi) is 4.63. The van der Waals surface area contributed by atoms with Crippen molar-refractivity contribution in [1.82, 2.24) is 5.32 Å². The zero-order valence-electron chi connectivity index (χ0n) is 9.71. The van der Waals surface area contributed by atoms with Crippen LogP contribution in [0.15, 0.2) is 35.7 Å². The molecule has 0 aliphatic rings. The van der Waals surface area contributed by atoms with Gasteiger partial charge in [0.2, 0.25) is 0 Å². The van der Waals surface area contributed by atoms with Crippen LogP contribution in [0.25, 0.3) is 0 Å². The predicted octanol–water partition coefficient (Wildman–Crippen LogP) is 2.86. The lowest BCUT2D eigenvalue weighted by Gasteiger charge is -2.22. The van der Waals surface area contributed by atoms with E-state index in [0.29, 0.717) is 12.4 Å². The van der Waals surface area contributed by atoms with Gasteiger partial charge in [-0.05, 0) is 18.6 Å². The van der Waals surface area contributed by atoms with E-state index in [-0.39, 0.29) is 5.69 Å². The van der Waals surface area contributed by atoms with Gasteiger partial charge >= 0.3 is 0 Å². The van der Waals surface area contributed by atoms with E-state index in [1.165, 1.54) is 0 Å². The molecule has 17 heavy (non-hydrogen) atoms. The minimum atomic E-state index is -0.585. The number of nitrogens with zero attached hydrogens (tertiary/aromatic N) is 2. The van der Waals surface area contributed by atoms with Crippen LogP contribution in [0.1, 0.15) is 13.3 Å². The number of benzene rings is 1. The molecule has 3 nitrogen and oxygen atoms in total. The fourth-order valence-corrected chi connectivity index (χ4v) is 1.30. The molecule has 0 radical (unpaired) electrons. The van der Waals surface area contributed by atoms with Gasteiger partial charge in [-0.2, -0.15) is 5.10 Å². The first-order valence-corrected chi connectivity index (χ1v) is 5.24. The highest BCUT2D eigenvalue weighted by Gasteiger charge is 2.14. The van der Waals surface area contributed by atoms with Crippen LogP contribution in [0.4, 0.5) is 14.5 Å². The highest BCUT2D eigenvalue weighted by atomic mass is 19.1. The maximum Gasteiger partial charge on any atom is 0.149 e. The second-order valence-electron chi connectivity index (χ2n) is 3.42. The minimum absolute atomic E-state index is 0.0198. The van der Waals surface area contributed by atoms with Gasteiger partial charge in [-0.3, -0.25) is 0 Å². The molecule has 0 bridgehead atoms. The number of halogens is 2. The molecule has 0 heterocycles. The molecule has 1 rings (SSSR count). The van der Waals surface area contributed by atoms with Gasteiger partial charge in [0.1, 0.15) is 23.1 Å². The van der Waals surface area contributed by atoms with Gasteiger partial charge in [-0.1, -0.05) is 13.5 Å². The van der Waals surface area contributed by atoms with E-state index in [2.05, 4.69) is 23.7 Å². The molecule has 0 aliphatic heterocycles. The molecule has 92 valence electrons. The second-order valence-corrected chi connectivity index (χ2v) is 3.42. The van der Waals surface area contributed by atoms with Gasteiger partial charge in [0.25, 0.3) is 0 Å². The molecule has 0 aromatic heterocycles. The van der Waals surface area contributed by atoms with Crippen LogP contribution in [0.5, 0.6) is 0 Å². The predicted molar refractivity (Wildman–Crippen MR) is 65.8 cm³/mol. The van der Waals surface area contributed by atoms with E-state index in [1.54, 1.807) is 0 Å². The Morgan fingerprint density at radius 1 is 1.47 bits per heavy atom. The molecule has 1 aromatic rings. The first kappa shape index (κ1) is 13.2. The van der Waals surface area contributed by atoms with Crippen molar-refractivity contribution >= 4 is 12.4 Å². The molecule has 0 fully saturated rings. The van der Waals surface area contributed by atoms with Gasteiger partial charge in [-0.15, -0.1) is 0 Å². The van der Waals surface area contributed by atoms with Crippen LogP contribution in [0.3, 0.4) is 0 Å². The van der Waals surface area contributed by atoms with E-state index < -0.39 is 11.6 Å². The summed E-state index contributed by atoms with van der Waals surface area (Å²) < 4.78 is 26.6. The van der Waals surface area contributed by atoms with Gasteiger partial charge in [0.15, 0.2) is 0 Å². The van der Waals surface area contributed by atoms with Gasteiger partial charge in [0, 0.05) is 19.3 Å². The summed E-state index contributed by atoms with van der Waals surface area (Å²) in [5, 5.41) is 7.70. The molecule has 0 saturated heterocycles. The van der Waals surface area contributed by atoms with E-state index in [0.717, 1.165) is 29.6 Å². The zero-order valence-corrected chi connectivity index (χ0v) is 9.71. The van der Waals surface area contributed by atoms with Gasteiger partial charge < -0.3 is 5.32 Å². The third kappa shape index (κ3) is 3.27. The first-order chi connectivity index (χ1) is 8.10. The zero-order chi connectivity index (χ0) is 12.8. The smallest absolute Gasteiger partial charge is 0.149 e. The molecular formula is C12H15F2N3. The number of hydrazone groups is 1. The fourth-order valence-electron chi connectivity index (χ4n) is 1.30. The Morgan fingerprint density at radius 3 is 2.76 bits per heavy atom. The maximum atomic E-state index is 13.5. The summed E-state index contributed by atoms with van der Waals surface area (Å²) in [6.45, 7) is 9.68. The highest BCUT2D eigenvalue weighted by molar-refractivity contribution is 5.53. The summed E-state index contributed by atoms with van der Waals surface area (Å²) in [6, 6.07) is 3.13. The monoisotopic (exact) mass is 239 g/mol. The summed E-state index contributed by atoms with van der Waals surface area (Å²) in [5.74, 6) is -0.775. The van der Waals surface area contributed by atoms with Crippen LogP contribution in [-0.2, 0) is 0 Å². The second kappa shape index (κ2) is 5.98. The highest BCUT2D eigenvalue weighted by Crippen LogP contribution is 2.22. The van der Waals surface area contributed by atoms with Crippen molar-refractivity contribution in [3.8, 4) is 0 Å². The van der Waals surface area contributed by atoms with E-state index in [1.807, 2.05) is 6.92 Å². The van der Waals surface area contributed by atoms with Crippen molar-refractivity contribution in [2.45, 2.75) is 13.3 Å². The van der Waals surface area contributed by atoms with Crippen LogP contribution >= 0.6 is 0 Å². The van der Waals surface area contributed by atoms with Gasteiger partial charge in [0.05, 0.1) is 0 Å². The Labute approximate surface area is 99.4 Å². The van der Waals surface area contributed by atoms with Crippen molar-refractivity contribution in [2.75, 3.05) is 11.6 Å². The normalized spacial score (nSPS) is 9.82. The summed E-state index contributed by atoms with van der Waals surface area (Å²) in [5.41, 5.74) is -0.0198. The SMILES string of the molecule is C=NN(C(=C)NCCC)c1cc(F)ccc1F. The van der Waals surface area contributed by atoms with E-state index >= 15 is 0 Å². The largest absolute Gasteiger partial charge is 0.371 e. The van der Waals surface area contributed by atoms with Crippen LogP contribution in [0, 0.1) is 11.6 Å². The fraction of sp³-hybridized carbons (Fsp3) is 0.250. The Bertz CT molecular complexity index is 418. The summed E-state index contributed by atoms with van der Waals surface area (Å²) >= 11 is 0. The number of hydrogen-bond acceptors (Lipinski definition) is 3. The molecule has 0 atom stereocenters. The average Bonchev–Trinajstić information content (AvgIpc) is 2.32. The quantitative estimate of drug-likeness (QED) is 0.610. The summed E-state index contributed by atoms with van der Waals surface area (Å²) in [7, 11) is 0. The third-order valence-electron chi connectivity index (χ3n) is 2.11. The molecule has 1 aromatic carbocycles. The van der Waals surface area contributed by atoms with Crippen LogP contribution < -0.4 is 10.3 Å². The third-order valence-corrected chi connectivity index (χ3v) is 2.11. The lowest BCUT2D eigenvalue weighted by Crippen LogP contribution is -2.27. The van der Waals surface area contributed by atoms with Crippen molar-refractivity contribution in [3.63, 3.8) is 0 Å². The number of rotatable bonds is 6. The molecule has 0 spiro atoms. The van der Waals surface area contributed by atoms with Crippen LogP contribution in [-0.4, -0.2) is 13.3 Å². The molecule has 0 saturated carbocycles. The molecule has 0 amide bonds.